The summed E-state index contributed by atoms with van der Waals surface area (Å²) in [6, 6.07) is 3.76. The van der Waals surface area contributed by atoms with Gasteiger partial charge in [0, 0.05) is 23.3 Å². The Labute approximate surface area is 150 Å². The summed E-state index contributed by atoms with van der Waals surface area (Å²) < 4.78 is 0. The number of carbonyl (C=O) groups excluding carboxylic acids is 1. The molecule has 25 heavy (non-hydrogen) atoms. The smallest absolute Gasteiger partial charge is 0.329 e. The van der Waals surface area contributed by atoms with Crippen molar-refractivity contribution in [3.63, 3.8) is 0 Å². The number of carboxylic acids is 1. The second-order valence-corrected chi connectivity index (χ2v) is 7.27. The molecule has 1 amide bonds. The van der Waals surface area contributed by atoms with Crippen molar-refractivity contribution in [2.75, 3.05) is 0 Å². The lowest BCUT2D eigenvalue weighted by Gasteiger charge is -2.29. The summed E-state index contributed by atoms with van der Waals surface area (Å²) in [6.07, 6.45) is 8.20. The first-order valence-electron chi connectivity index (χ1n) is 8.48. The molecule has 0 unspecified atom stereocenters. The molecule has 0 spiro atoms. The highest BCUT2D eigenvalue weighted by Crippen LogP contribution is 2.28. The van der Waals surface area contributed by atoms with Crippen LogP contribution < -0.4 is 5.32 Å². The van der Waals surface area contributed by atoms with Crippen LogP contribution in [0.25, 0.3) is 10.6 Å². The second kappa shape index (κ2) is 7.74. The highest BCUT2D eigenvalue weighted by molar-refractivity contribution is 7.13. The minimum Gasteiger partial charge on any atom is -0.480 e. The Morgan fingerprint density at radius 2 is 2.00 bits per heavy atom. The van der Waals surface area contributed by atoms with Crippen molar-refractivity contribution in [1.82, 2.24) is 15.3 Å². The largest absolute Gasteiger partial charge is 0.480 e. The minimum absolute atomic E-state index is 0.0891. The maximum atomic E-state index is 12.4. The molecule has 1 aliphatic rings. The molecule has 3 rings (SSSR count). The fourth-order valence-corrected chi connectivity index (χ4v) is 4.02. The Morgan fingerprint density at radius 3 is 2.64 bits per heavy atom. The first-order chi connectivity index (χ1) is 12.1. The number of thiazole rings is 1. The van der Waals surface area contributed by atoms with Crippen LogP contribution in [0, 0.1) is 0 Å². The normalized spacial score (nSPS) is 16.8. The van der Waals surface area contributed by atoms with Gasteiger partial charge in [0.2, 0.25) is 5.91 Å². The van der Waals surface area contributed by atoms with Crippen molar-refractivity contribution in [2.24, 2.45) is 0 Å². The molecule has 0 radical (unpaired) electrons. The molecule has 1 fully saturated rings. The number of carbonyl (C=O) groups is 2. The topological polar surface area (TPSA) is 92.2 Å². The van der Waals surface area contributed by atoms with E-state index in [-0.39, 0.29) is 12.3 Å². The molecule has 2 aromatic heterocycles. The quantitative estimate of drug-likeness (QED) is 0.801. The summed E-state index contributed by atoms with van der Waals surface area (Å²) >= 11 is 1.45. The van der Waals surface area contributed by atoms with E-state index in [1.54, 1.807) is 12.4 Å². The Morgan fingerprint density at radius 1 is 1.24 bits per heavy atom. The summed E-state index contributed by atoms with van der Waals surface area (Å²) in [6.45, 7) is 0. The van der Waals surface area contributed by atoms with Crippen LogP contribution in [0.4, 0.5) is 0 Å². The van der Waals surface area contributed by atoms with Gasteiger partial charge in [-0.1, -0.05) is 25.7 Å². The van der Waals surface area contributed by atoms with E-state index < -0.39 is 11.5 Å². The van der Waals surface area contributed by atoms with E-state index in [0.717, 1.165) is 36.3 Å². The standard InChI is InChI=1S/C18H21N3O3S/c22-15(21-18(17(23)24)7-3-1-2-4-8-18)10-14-12-25-16(20-14)13-6-5-9-19-11-13/h5-6,9,11-12H,1-4,7-8,10H2,(H,21,22)(H,23,24). The highest BCUT2D eigenvalue weighted by atomic mass is 32.1. The number of hydrogen-bond donors (Lipinski definition) is 2. The molecule has 1 saturated carbocycles. The zero-order chi connectivity index (χ0) is 17.7. The molecule has 0 saturated heterocycles. The minimum atomic E-state index is -1.13. The molecule has 132 valence electrons. The summed E-state index contributed by atoms with van der Waals surface area (Å²) in [5.74, 6) is -1.22. The van der Waals surface area contributed by atoms with E-state index >= 15 is 0 Å². The summed E-state index contributed by atoms with van der Waals surface area (Å²) in [5.41, 5.74) is 0.427. The number of hydrogen-bond acceptors (Lipinski definition) is 5. The van der Waals surface area contributed by atoms with Gasteiger partial charge in [-0.15, -0.1) is 11.3 Å². The van der Waals surface area contributed by atoms with Gasteiger partial charge in [0.1, 0.15) is 10.5 Å². The Kier molecular flexibility index (Phi) is 5.43. The Bertz CT molecular complexity index is 737. The van der Waals surface area contributed by atoms with Crippen LogP contribution in [0.3, 0.4) is 0 Å². The van der Waals surface area contributed by atoms with Gasteiger partial charge in [-0.3, -0.25) is 9.78 Å². The third-order valence-electron chi connectivity index (χ3n) is 4.55. The van der Waals surface area contributed by atoms with Crippen LogP contribution in [0.5, 0.6) is 0 Å². The number of rotatable bonds is 5. The molecule has 2 N–H and O–H groups in total. The number of pyridine rings is 1. The summed E-state index contributed by atoms with van der Waals surface area (Å²) in [7, 11) is 0. The molecule has 0 atom stereocenters. The van der Waals surface area contributed by atoms with Gasteiger partial charge in [-0.2, -0.15) is 0 Å². The average molecular weight is 359 g/mol. The maximum Gasteiger partial charge on any atom is 0.329 e. The van der Waals surface area contributed by atoms with Crippen LogP contribution in [0.2, 0.25) is 0 Å². The van der Waals surface area contributed by atoms with E-state index in [4.69, 9.17) is 0 Å². The molecule has 2 heterocycles. The van der Waals surface area contributed by atoms with E-state index in [2.05, 4.69) is 15.3 Å². The van der Waals surface area contributed by atoms with Crippen molar-refractivity contribution in [2.45, 2.75) is 50.5 Å². The van der Waals surface area contributed by atoms with Crippen molar-refractivity contribution in [1.29, 1.82) is 0 Å². The van der Waals surface area contributed by atoms with Crippen molar-refractivity contribution in [3.05, 3.63) is 35.6 Å². The van der Waals surface area contributed by atoms with E-state index in [9.17, 15) is 14.7 Å². The van der Waals surface area contributed by atoms with E-state index in [1.165, 1.54) is 11.3 Å². The molecule has 0 aromatic carbocycles. The molecule has 0 bridgehead atoms. The molecule has 7 heteroatoms. The van der Waals surface area contributed by atoms with Crippen molar-refractivity contribution < 1.29 is 14.7 Å². The van der Waals surface area contributed by atoms with E-state index in [1.807, 2.05) is 17.5 Å². The van der Waals surface area contributed by atoms with Gasteiger partial charge >= 0.3 is 5.97 Å². The average Bonchev–Trinajstić information content (AvgIpc) is 2.93. The van der Waals surface area contributed by atoms with Gasteiger partial charge in [-0.25, -0.2) is 9.78 Å². The predicted octanol–water partition coefficient (Wildman–Crippen LogP) is 3.04. The number of aromatic nitrogens is 2. The molecular weight excluding hydrogens is 338 g/mol. The zero-order valence-electron chi connectivity index (χ0n) is 13.9. The van der Waals surface area contributed by atoms with Crippen molar-refractivity contribution >= 4 is 23.2 Å². The lowest BCUT2D eigenvalue weighted by atomic mass is 9.90. The number of nitrogens with one attached hydrogen (secondary N) is 1. The van der Waals surface area contributed by atoms with Crippen LogP contribution in [0.1, 0.15) is 44.2 Å². The highest BCUT2D eigenvalue weighted by Gasteiger charge is 2.39. The summed E-state index contributed by atoms with van der Waals surface area (Å²) in [4.78, 5) is 32.7. The van der Waals surface area contributed by atoms with E-state index in [0.29, 0.717) is 18.5 Å². The first kappa shape index (κ1) is 17.5. The Balaban J connectivity index is 1.67. The van der Waals surface area contributed by atoms with Crippen molar-refractivity contribution in [3.8, 4) is 10.6 Å². The summed E-state index contributed by atoms with van der Waals surface area (Å²) in [5, 5.41) is 15.1. The van der Waals surface area contributed by atoms with Gasteiger partial charge in [0.05, 0.1) is 12.1 Å². The zero-order valence-corrected chi connectivity index (χ0v) is 14.7. The first-order valence-corrected chi connectivity index (χ1v) is 9.36. The monoisotopic (exact) mass is 359 g/mol. The predicted molar refractivity (Wildman–Crippen MR) is 95.3 cm³/mol. The second-order valence-electron chi connectivity index (χ2n) is 6.41. The lowest BCUT2D eigenvalue weighted by molar-refractivity contribution is -0.148. The number of nitrogens with zero attached hydrogens (tertiary/aromatic N) is 2. The molecule has 6 nitrogen and oxygen atoms in total. The number of carboxylic acid groups (broad SMARTS) is 1. The van der Waals surface area contributed by atoms with Crippen LogP contribution >= 0.6 is 11.3 Å². The molecular formula is C18H21N3O3S. The SMILES string of the molecule is O=C(Cc1csc(-c2cccnc2)n1)NC1(C(=O)O)CCCCCC1. The van der Waals surface area contributed by atoms with Crippen LogP contribution in [-0.4, -0.2) is 32.5 Å². The fourth-order valence-electron chi connectivity index (χ4n) is 3.21. The maximum absolute atomic E-state index is 12.4. The van der Waals surface area contributed by atoms with Gasteiger partial charge in [0.25, 0.3) is 0 Å². The third-order valence-corrected chi connectivity index (χ3v) is 5.49. The number of aliphatic carboxylic acids is 1. The molecule has 0 aliphatic heterocycles. The number of amides is 1. The lowest BCUT2D eigenvalue weighted by Crippen LogP contribution is -2.54. The van der Waals surface area contributed by atoms with Gasteiger partial charge in [0.15, 0.2) is 0 Å². The molecule has 1 aliphatic carbocycles. The van der Waals surface area contributed by atoms with Crippen LogP contribution in [-0.2, 0) is 16.0 Å². The molecule has 2 aromatic rings. The third kappa shape index (κ3) is 4.22. The fraction of sp³-hybridized carbons (Fsp3) is 0.444. The van der Waals surface area contributed by atoms with Crippen LogP contribution in [0.15, 0.2) is 29.9 Å². The van der Waals surface area contributed by atoms with Gasteiger partial charge < -0.3 is 10.4 Å². The van der Waals surface area contributed by atoms with Gasteiger partial charge in [-0.05, 0) is 25.0 Å². The Hall–Kier alpha value is -2.28.